The first-order valence-electron chi connectivity index (χ1n) is 14.5. The number of hydrogen-bond donors (Lipinski definition) is 1. The van der Waals surface area contributed by atoms with Gasteiger partial charge in [-0.2, -0.15) is 0 Å². The van der Waals surface area contributed by atoms with E-state index in [0.29, 0.717) is 16.8 Å². The van der Waals surface area contributed by atoms with Crippen LogP contribution in [0.25, 0.3) is 0 Å². The maximum absolute atomic E-state index is 15.0. The van der Waals surface area contributed by atoms with Crippen LogP contribution in [0.3, 0.4) is 0 Å². The number of nitrogens with one attached hydrogen (secondary N) is 1. The lowest BCUT2D eigenvalue weighted by Gasteiger charge is -2.35. The van der Waals surface area contributed by atoms with Gasteiger partial charge in [0.25, 0.3) is 0 Å². The Kier molecular flexibility index (Phi) is 10.4. The van der Waals surface area contributed by atoms with Crippen molar-refractivity contribution < 1.29 is 22.4 Å². The number of amides is 2. The molecule has 1 N–H and O–H groups in total. The molecule has 0 saturated heterocycles. The van der Waals surface area contributed by atoms with Crippen LogP contribution in [0.2, 0.25) is 0 Å². The number of carbonyl (C=O) groups excluding carboxylic acids is 2. The maximum atomic E-state index is 15.0. The summed E-state index contributed by atoms with van der Waals surface area (Å²) in [5.74, 6) is -1.42. The average molecular weight is 594 g/mol. The molecular weight excluding hydrogens is 553 g/mol. The van der Waals surface area contributed by atoms with Crippen molar-refractivity contribution in [3.63, 3.8) is 0 Å². The Hall–Kier alpha value is -3.72. The molecule has 0 spiro atoms. The average Bonchev–Trinajstić information content (AvgIpc) is 2.95. The summed E-state index contributed by atoms with van der Waals surface area (Å²) < 4.78 is 42.2. The first-order chi connectivity index (χ1) is 20.0. The molecule has 4 rings (SSSR count). The monoisotopic (exact) mass is 593 g/mol. The first-order valence-corrected chi connectivity index (χ1v) is 16.3. The van der Waals surface area contributed by atoms with Gasteiger partial charge in [0.15, 0.2) is 0 Å². The van der Waals surface area contributed by atoms with Crippen LogP contribution in [-0.2, 0) is 32.6 Å². The molecule has 0 heterocycles. The molecule has 0 aliphatic heterocycles. The summed E-state index contributed by atoms with van der Waals surface area (Å²) in [7, 11) is -3.89. The van der Waals surface area contributed by atoms with Crippen molar-refractivity contribution in [2.45, 2.75) is 71.0 Å². The number of sulfonamides is 1. The highest BCUT2D eigenvalue weighted by molar-refractivity contribution is 7.92. The number of nitrogens with zero attached hydrogens (tertiary/aromatic N) is 2. The third-order valence-electron chi connectivity index (χ3n) is 7.89. The highest BCUT2D eigenvalue weighted by atomic mass is 32.2. The molecule has 1 fully saturated rings. The molecule has 1 aliphatic carbocycles. The van der Waals surface area contributed by atoms with Crippen LogP contribution in [0, 0.1) is 19.7 Å². The van der Waals surface area contributed by atoms with Crippen LogP contribution in [0.1, 0.15) is 54.4 Å². The van der Waals surface area contributed by atoms with Gasteiger partial charge in [-0.25, -0.2) is 12.8 Å². The smallest absolute Gasteiger partial charge is 0.244 e. The van der Waals surface area contributed by atoms with E-state index in [-0.39, 0.29) is 30.5 Å². The van der Waals surface area contributed by atoms with Crippen molar-refractivity contribution >= 4 is 27.5 Å². The van der Waals surface area contributed by atoms with Crippen molar-refractivity contribution in [1.82, 2.24) is 10.2 Å². The molecule has 0 aromatic heterocycles. The van der Waals surface area contributed by atoms with Gasteiger partial charge in [-0.05, 0) is 49.4 Å². The molecule has 2 amide bonds. The molecule has 3 aromatic carbocycles. The quantitative estimate of drug-likeness (QED) is 0.327. The van der Waals surface area contributed by atoms with E-state index in [1.54, 1.807) is 44.2 Å². The number of aryl methyl sites for hydroxylation is 2. The third-order valence-corrected chi connectivity index (χ3v) is 9.00. The number of carbonyl (C=O) groups is 2. The van der Waals surface area contributed by atoms with Gasteiger partial charge in [-0.1, -0.05) is 86.0 Å². The molecule has 1 saturated carbocycles. The van der Waals surface area contributed by atoms with E-state index in [1.165, 1.54) is 11.0 Å². The fraction of sp³-hybridized carbons (Fsp3) is 0.394. The van der Waals surface area contributed by atoms with Crippen molar-refractivity contribution in [3.8, 4) is 0 Å². The van der Waals surface area contributed by atoms with Gasteiger partial charge in [0.05, 0.1) is 11.9 Å². The van der Waals surface area contributed by atoms with E-state index in [0.717, 1.165) is 48.2 Å². The lowest BCUT2D eigenvalue weighted by molar-refractivity contribution is -0.140. The first kappa shape index (κ1) is 31.2. The summed E-state index contributed by atoms with van der Waals surface area (Å²) >= 11 is 0. The van der Waals surface area contributed by atoms with Crippen LogP contribution in [0.15, 0.2) is 72.8 Å². The molecule has 0 bridgehead atoms. The van der Waals surface area contributed by atoms with Gasteiger partial charge in [-0.3, -0.25) is 13.9 Å². The van der Waals surface area contributed by atoms with Crippen LogP contribution in [0.5, 0.6) is 0 Å². The Morgan fingerprint density at radius 3 is 2.14 bits per heavy atom. The summed E-state index contributed by atoms with van der Waals surface area (Å²) in [5.41, 5.74) is 2.90. The molecule has 7 nitrogen and oxygen atoms in total. The van der Waals surface area contributed by atoms with E-state index in [2.05, 4.69) is 5.32 Å². The van der Waals surface area contributed by atoms with Crippen LogP contribution in [-0.4, -0.2) is 50.0 Å². The Morgan fingerprint density at radius 1 is 0.905 bits per heavy atom. The molecule has 1 atom stereocenters. The van der Waals surface area contributed by atoms with E-state index < -0.39 is 34.3 Å². The van der Waals surface area contributed by atoms with Crippen LogP contribution in [0.4, 0.5) is 10.1 Å². The Bertz CT molecular complexity index is 1470. The van der Waals surface area contributed by atoms with Crippen molar-refractivity contribution in [1.29, 1.82) is 0 Å². The minimum absolute atomic E-state index is 0.00271. The van der Waals surface area contributed by atoms with Crippen molar-refractivity contribution in [3.05, 3.63) is 101 Å². The predicted octanol–water partition coefficient (Wildman–Crippen LogP) is 5.30. The molecule has 224 valence electrons. The van der Waals surface area contributed by atoms with E-state index in [4.69, 9.17) is 0 Å². The van der Waals surface area contributed by atoms with Crippen LogP contribution >= 0.6 is 0 Å². The predicted molar refractivity (Wildman–Crippen MR) is 164 cm³/mol. The fourth-order valence-electron chi connectivity index (χ4n) is 5.68. The van der Waals surface area contributed by atoms with Gasteiger partial charge in [0.2, 0.25) is 21.8 Å². The summed E-state index contributed by atoms with van der Waals surface area (Å²) in [6.07, 6.45) is 6.14. The zero-order valence-corrected chi connectivity index (χ0v) is 25.4. The molecule has 3 aromatic rings. The molecule has 9 heteroatoms. The van der Waals surface area contributed by atoms with Crippen molar-refractivity contribution in [2.24, 2.45) is 0 Å². The molecule has 0 radical (unpaired) electrons. The van der Waals surface area contributed by atoms with Gasteiger partial charge < -0.3 is 10.2 Å². The Balaban J connectivity index is 1.76. The minimum atomic E-state index is -3.89. The summed E-state index contributed by atoms with van der Waals surface area (Å²) in [6.45, 7) is 2.86. The molecule has 1 aliphatic rings. The second-order valence-corrected chi connectivity index (χ2v) is 13.1. The highest BCUT2D eigenvalue weighted by Crippen LogP contribution is 2.28. The molecule has 42 heavy (non-hydrogen) atoms. The maximum Gasteiger partial charge on any atom is 0.244 e. The number of anilines is 1. The summed E-state index contributed by atoms with van der Waals surface area (Å²) in [4.78, 5) is 29.6. The molecular formula is C33H40FN3O4S. The van der Waals surface area contributed by atoms with E-state index >= 15 is 0 Å². The van der Waals surface area contributed by atoms with Gasteiger partial charge >= 0.3 is 0 Å². The lowest BCUT2D eigenvalue weighted by atomic mass is 9.94. The molecule has 0 unspecified atom stereocenters. The number of rotatable bonds is 11. The second-order valence-electron chi connectivity index (χ2n) is 11.2. The number of para-hydroxylation sites is 1. The summed E-state index contributed by atoms with van der Waals surface area (Å²) in [6, 6.07) is 19.9. The zero-order valence-electron chi connectivity index (χ0n) is 24.6. The largest absolute Gasteiger partial charge is 0.352 e. The van der Waals surface area contributed by atoms with Gasteiger partial charge in [-0.15, -0.1) is 0 Å². The number of halogens is 1. The normalized spacial score (nSPS) is 14.7. The standard InChI is InChI=1S/C33H40FN3O4S/c1-24-13-12-14-25(2)32(24)37(42(3,40)41)23-31(38)36(22-27-17-10-11-20-29(27)34)30(21-26-15-6-4-7-16-26)33(39)35-28-18-8-5-9-19-28/h4,6-7,10-17,20,28,30H,5,8-9,18-19,21-23H2,1-3H3,(H,35,39)/t30-/m1/s1. The SMILES string of the molecule is Cc1cccc(C)c1N(CC(=O)N(Cc1ccccc1F)[C@H](Cc1ccccc1)C(=O)NC1CCCCC1)S(C)(=O)=O. The second kappa shape index (κ2) is 14.0. The van der Waals surface area contributed by atoms with Crippen LogP contribution < -0.4 is 9.62 Å². The van der Waals surface area contributed by atoms with E-state index in [9.17, 15) is 22.4 Å². The van der Waals surface area contributed by atoms with Gasteiger partial charge in [0.1, 0.15) is 18.4 Å². The lowest BCUT2D eigenvalue weighted by Crippen LogP contribution is -2.55. The minimum Gasteiger partial charge on any atom is -0.352 e. The topological polar surface area (TPSA) is 86.8 Å². The van der Waals surface area contributed by atoms with E-state index in [1.807, 2.05) is 36.4 Å². The Labute approximate surface area is 248 Å². The fourth-order valence-corrected chi connectivity index (χ4v) is 6.65. The number of benzene rings is 3. The summed E-state index contributed by atoms with van der Waals surface area (Å²) in [5, 5.41) is 3.15. The highest BCUT2D eigenvalue weighted by Gasteiger charge is 2.35. The Morgan fingerprint density at radius 2 is 1.52 bits per heavy atom. The number of hydrogen-bond acceptors (Lipinski definition) is 4. The third kappa shape index (κ3) is 7.97. The van der Waals surface area contributed by atoms with Crippen molar-refractivity contribution in [2.75, 3.05) is 17.1 Å². The zero-order chi connectivity index (χ0) is 30.3. The van der Waals surface area contributed by atoms with Gasteiger partial charge in [0, 0.05) is 24.6 Å².